The number of halogens is 4. The van der Waals surface area contributed by atoms with Crippen molar-refractivity contribution < 1.29 is 32.2 Å². The molecule has 0 bridgehead atoms. The number of aliphatic hydroxyl groups is 1. The van der Waals surface area contributed by atoms with E-state index in [9.17, 15) is 27.5 Å². The van der Waals surface area contributed by atoms with Crippen molar-refractivity contribution >= 4 is 11.6 Å². The van der Waals surface area contributed by atoms with Gasteiger partial charge in [0, 0.05) is 34.6 Å². The van der Waals surface area contributed by atoms with Crippen molar-refractivity contribution in [3.8, 4) is 17.0 Å². The van der Waals surface area contributed by atoms with Crippen LogP contribution in [0.4, 0.5) is 23.2 Å². The van der Waals surface area contributed by atoms with Crippen molar-refractivity contribution in [1.29, 1.82) is 0 Å². The number of amides is 1. The third kappa shape index (κ3) is 4.00. The molecule has 1 aromatic heterocycles. The summed E-state index contributed by atoms with van der Waals surface area (Å²) in [6.45, 7) is -1.45. The summed E-state index contributed by atoms with van der Waals surface area (Å²) in [6, 6.07) is 11.9. The normalized spacial score (nSPS) is 16.9. The van der Waals surface area contributed by atoms with Crippen LogP contribution < -0.4 is 9.64 Å². The molecule has 176 valence electrons. The van der Waals surface area contributed by atoms with Gasteiger partial charge in [-0.3, -0.25) is 9.78 Å². The number of fused-ring (bicyclic) bond motifs is 1. The van der Waals surface area contributed by atoms with Gasteiger partial charge in [0.25, 0.3) is 5.91 Å². The lowest BCUT2D eigenvalue weighted by Crippen LogP contribution is -2.33. The van der Waals surface area contributed by atoms with E-state index in [2.05, 4.69) is 4.98 Å². The first-order valence-corrected chi connectivity index (χ1v) is 10.8. The quantitative estimate of drug-likeness (QED) is 0.508. The molecule has 9 heteroatoms. The molecule has 3 aromatic rings. The van der Waals surface area contributed by atoms with Crippen LogP contribution >= 0.6 is 0 Å². The fourth-order valence-electron chi connectivity index (χ4n) is 4.39. The van der Waals surface area contributed by atoms with Gasteiger partial charge in [0.2, 0.25) is 0 Å². The summed E-state index contributed by atoms with van der Waals surface area (Å²) in [4.78, 5) is 19.0. The number of anilines is 1. The summed E-state index contributed by atoms with van der Waals surface area (Å²) in [5, 5.41) is 10.5. The van der Waals surface area contributed by atoms with Gasteiger partial charge >= 0.3 is 6.18 Å². The fourth-order valence-corrected chi connectivity index (χ4v) is 4.39. The SMILES string of the molecule is O=C1c2ccnc(-c3ccc(F)cc3OCC(F)(F)F)c2CN1c1ccc(C2(O)CCC2)cc1. The molecule has 0 unspecified atom stereocenters. The molecule has 0 spiro atoms. The molecule has 1 fully saturated rings. The molecule has 5 nitrogen and oxygen atoms in total. The van der Waals surface area contributed by atoms with Crippen LogP contribution in [0.2, 0.25) is 0 Å². The summed E-state index contributed by atoms with van der Waals surface area (Å²) in [5.41, 5.74) is 1.89. The molecule has 1 aliphatic carbocycles. The van der Waals surface area contributed by atoms with Crippen LogP contribution in [-0.2, 0) is 12.1 Å². The number of hydrogen-bond donors (Lipinski definition) is 1. The van der Waals surface area contributed by atoms with Crippen LogP contribution in [0.15, 0.2) is 54.7 Å². The van der Waals surface area contributed by atoms with E-state index in [1.165, 1.54) is 17.2 Å². The Morgan fingerprint density at radius 1 is 1.06 bits per heavy atom. The number of pyridine rings is 1. The number of nitrogens with zero attached hydrogens (tertiary/aromatic N) is 2. The van der Waals surface area contributed by atoms with Crippen LogP contribution in [0.1, 0.15) is 40.7 Å². The highest BCUT2D eigenvalue weighted by Gasteiger charge is 2.37. The molecule has 2 heterocycles. The number of benzene rings is 2. The van der Waals surface area contributed by atoms with Crippen molar-refractivity contribution in [1.82, 2.24) is 4.98 Å². The molecule has 0 radical (unpaired) electrons. The Labute approximate surface area is 192 Å². The highest BCUT2D eigenvalue weighted by atomic mass is 19.4. The highest BCUT2D eigenvalue weighted by molar-refractivity contribution is 6.11. The van der Waals surface area contributed by atoms with E-state index < -0.39 is 24.2 Å². The predicted octanol–water partition coefficient (Wildman–Crippen LogP) is 5.36. The second-order valence-electron chi connectivity index (χ2n) is 8.55. The molecule has 1 saturated carbocycles. The van der Waals surface area contributed by atoms with Crippen LogP contribution in [0.3, 0.4) is 0 Å². The summed E-state index contributed by atoms with van der Waals surface area (Å²) < 4.78 is 56.8. The predicted molar refractivity (Wildman–Crippen MR) is 116 cm³/mol. The zero-order valence-corrected chi connectivity index (χ0v) is 17.9. The molecule has 1 N–H and O–H groups in total. The number of hydrogen-bond acceptors (Lipinski definition) is 4. The van der Waals surface area contributed by atoms with Crippen molar-refractivity contribution in [2.45, 2.75) is 37.6 Å². The Kier molecular flexibility index (Phi) is 5.31. The van der Waals surface area contributed by atoms with Crippen LogP contribution in [0.5, 0.6) is 5.75 Å². The standard InChI is InChI=1S/C25H20F4N2O3/c26-16-4-7-19(21(12-16)34-14-25(27,28)29)22-20-13-31(23(32)18(20)8-11-30-22)17-5-2-15(3-6-17)24(33)9-1-10-24/h2-8,11-12,33H,1,9-10,13-14H2. The van der Waals surface area contributed by atoms with Gasteiger partial charge in [-0.2, -0.15) is 13.2 Å². The molecule has 0 atom stereocenters. The zero-order valence-electron chi connectivity index (χ0n) is 17.9. The molecule has 2 aromatic carbocycles. The van der Waals surface area contributed by atoms with Crippen molar-refractivity contribution in [2.75, 3.05) is 11.5 Å². The van der Waals surface area contributed by atoms with Crippen molar-refractivity contribution in [3.63, 3.8) is 0 Å². The van der Waals surface area contributed by atoms with Gasteiger partial charge in [0.1, 0.15) is 11.6 Å². The van der Waals surface area contributed by atoms with Gasteiger partial charge in [-0.25, -0.2) is 4.39 Å². The number of alkyl halides is 3. The van der Waals surface area contributed by atoms with Gasteiger partial charge in [-0.15, -0.1) is 0 Å². The maximum absolute atomic E-state index is 13.8. The minimum absolute atomic E-state index is 0.136. The summed E-state index contributed by atoms with van der Waals surface area (Å²) in [7, 11) is 0. The highest BCUT2D eigenvalue weighted by Crippen LogP contribution is 2.42. The first-order chi connectivity index (χ1) is 16.1. The van der Waals surface area contributed by atoms with Gasteiger partial charge in [0.15, 0.2) is 6.61 Å². The van der Waals surface area contributed by atoms with Gasteiger partial charge in [0.05, 0.1) is 17.8 Å². The Bertz CT molecular complexity index is 1250. The van der Waals surface area contributed by atoms with Crippen LogP contribution in [0, 0.1) is 5.82 Å². The summed E-state index contributed by atoms with van der Waals surface area (Å²) >= 11 is 0. The second kappa shape index (κ2) is 8.09. The number of carbonyl (C=O) groups is 1. The monoisotopic (exact) mass is 472 g/mol. The van der Waals surface area contributed by atoms with E-state index in [1.54, 1.807) is 30.3 Å². The third-order valence-electron chi connectivity index (χ3n) is 6.33. The van der Waals surface area contributed by atoms with E-state index in [1.807, 2.05) is 0 Å². The maximum atomic E-state index is 13.8. The average Bonchev–Trinajstić information content (AvgIpc) is 3.13. The van der Waals surface area contributed by atoms with E-state index in [0.717, 1.165) is 24.1 Å². The molecule has 1 aliphatic heterocycles. The molecule has 5 rings (SSSR count). The molecule has 0 saturated heterocycles. The Hall–Kier alpha value is -3.46. The number of rotatable bonds is 5. The smallest absolute Gasteiger partial charge is 0.422 e. The molecular weight excluding hydrogens is 452 g/mol. The Balaban J connectivity index is 1.47. The summed E-state index contributed by atoms with van der Waals surface area (Å²) in [6.07, 6.45) is -0.841. The average molecular weight is 472 g/mol. The molecule has 34 heavy (non-hydrogen) atoms. The van der Waals surface area contributed by atoms with Gasteiger partial charge in [-0.1, -0.05) is 12.1 Å². The topological polar surface area (TPSA) is 62.7 Å². The van der Waals surface area contributed by atoms with Crippen molar-refractivity contribution in [3.05, 3.63) is 77.2 Å². The third-order valence-corrected chi connectivity index (χ3v) is 6.33. The second-order valence-corrected chi connectivity index (χ2v) is 8.55. The molecule has 2 aliphatic rings. The number of aromatic nitrogens is 1. The van der Waals surface area contributed by atoms with Crippen LogP contribution in [0.25, 0.3) is 11.3 Å². The first kappa shape index (κ1) is 22.3. The number of ether oxygens (including phenoxy) is 1. The minimum atomic E-state index is -4.60. The van der Waals surface area contributed by atoms with E-state index in [4.69, 9.17) is 4.74 Å². The van der Waals surface area contributed by atoms with Crippen LogP contribution in [-0.4, -0.2) is 28.8 Å². The van der Waals surface area contributed by atoms with E-state index in [0.29, 0.717) is 29.7 Å². The summed E-state index contributed by atoms with van der Waals surface area (Å²) in [5.74, 6) is -1.34. The Morgan fingerprint density at radius 2 is 1.79 bits per heavy atom. The largest absolute Gasteiger partial charge is 0.483 e. The lowest BCUT2D eigenvalue weighted by atomic mass is 9.75. The fraction of sp³-hybridized carbons (Fsp3) is 0.280. The van der Waals surface area contributed by atoms with E-state index in [-0.39, 0.29) is 29.5 Å². The zero-order chi connectivity index (χ0) is 24.1. The molecular formula is C25H20F4N2O3. The lowest BCUT2D eigenvalue weighted by Gasteiger charge is -2.37. The maximum Gasteiger partial charge on any atom is 0.422 e. The Morgan fingerprint density at radius 3 is 2.44 bits per heavy atom. The van der Waals surface area contributed by atoms with Crippen molar-refractivity contribution in [2.24, 2.45) is 0 Å². The van der Waals surface area contributed by atoms with Gasteiger partial charge < -0.3 is 14.7 Å². The van der Waals surface area contributed by atoms with E-state index >= 15 is 0 Å². The first-order valence-electron chi connectivity index (χ1n) is 10.8. The molecule has 1 amide bonds. The minimum Gasteiger partial charge on any atom is -0.483 e. The number of carbonyl (C=O) groups excluding carboxylic acids is 1. The van der Waals surface area contributed by atoms with Gasteiger partial charge in [-0.05, 0) is 55.2 Å². The lowest BCUT2D eigenvalue weighted by molar-refractivity contribution is -0.153.